The minimum Gasteiger partial charge on any atom is -0.477 e. The molecular weight excluding hydrogens is 352 g/mol. The summed E-state index contributed by atoms with van der Waals surface area (Å²) in [5, 5.41) is 15.0. The summed E-state index contributed by atoms with van der Waals surface area (Å²) in [5.74, 6) is -0.399. The number of hydrogen-bond donors (Lipinski definition) is 1. The predicted molar refractivity (Wildman–Crippen MR) is 85.6 cm³/mol. The molecule has 2 heterocycles. The first kappa shape index (κ1) is 13.0. The van der Waals surface area contributed by atoms with Gasteiger partial charge in [0.1, 0.15) is 9.71 Å². The lowest BCUT2D eigenvalue weighted by molar-refractivity contribution is 0.0702. The van der Waals surface area contributed by atoms with E-state index in [0.717, 1.165) is 38.9 Å². The Hall–Kier alpha value is -1.66. The van der Waals surface area contributed by atoms with Crippen LogP contribution in [-0.2, 0) is 0 Å². The number of thiophene rings is 1. The van der Waals surface area contributed by atoms with E-state index in [1.165, 1.54) is 11.3 Å². The smallest absolute Gasteiger partial charge is 0.345 e. The number of carboxylic acid groups (broad SMARTS) is 1. The zero-order valence-electron chi connectivity index (χ0n) is 10.9. The molecule has 4 rings (SSSR count). The minimum absolute atomic E-state index is 0.366. The van der Waals surface area contributed by atoms with Gasteiger partial charge in [-0.1, -0.05) is 12.1 Å². The van der Waals surface area contributed by atoms with Crippen molar-refractivity contribution < 1.29 is 9.90 Å². The second-order valence-corrected chi connectivity index (χ2v) is 7.04. The van der Waals surface area contributed by atoms with Crippen LogP contribution in [0.2, 0.25) is 0 Å². The van der Waals surface area contributed by atoms with E-state index in [2.05, 4.69) is 15.9 Å². The Balaban J connectivity index is 2.00. The third-order valence-electron chi connectivity index (χ3n) is 3.64. The van der Waals surface area contributed by atoms with E-state index in [9.17, 15) is 9.90 Å². The second kappa shape index (κ2) is 4.68. The molecule has 2 aromatic heterocycles. The Morgan fingerprint density at radius 2 is 2.14 bits per heavy atom. The molecule has 6 heteroatoms. The summed E-state index contributed by atoms with van der Waals surface area (Å²) in [5.41, 5.74) is 1.97. The largest absolute Gasteiger partial charge is 0.477 e. The third-order valence-corrected chi connectivity index (χ3v) is 5.41. The Morgan fingerprint density at radius 1 is 1.38 bits per heavy atom. The van der Waals surface area contributed by atoms with E-state index in [-0.39, 0.29) is 0 Å². The van der Waals surface area contributed by atoms with Crippen molar-refractivity contribution in [3.05, 3.63) is 45.4 Å². The summed E-state index contributed by atoms with van der Waals surface area (Å²) in [6.07, 6.45) is 2.28. The van der Waals surface area contributed by atoms with Crippen LogP contribution in [0.5, 0.6) is 0 Å². The number of aromatic nitrogens is 2. The topological polar surface area (TPSA) is 55.1 Å². The fourth-order valence-corrected chi connectivity index (χ4v) is 3.90. The molecule has 0 bridgehead atoms. The molecule has 3 aromatic rings. The highest BCUT2D eigenvalue weighted by atomic mass is 79.9. The van der Waals surface area contributed by atoms with Gasteiger partial charge in [0.15, 0.2) is 0 Å². The second-order valence-electron chi connectivity index (χ2n) is 5.16. The quantitative estimate of drug-likeness (QED) is 0.749. The number of benzene rings is 1. The van der Waals surface area contributed by atoms with Crippen LogP contribution in [0.25, 0.3) is 15.9 Å². The van der Waals surface area contributed by atoms with Gasteiger partial charge in [-0.05, 0) is 47.0 Å². The average molecular weight is 363 g/mol. The van der Waals surface area contributed by atoms with E-state index < -0.39 is 5.97 Å². The molecule has 0 saturated heterocycles. The highest BCUT2D eigenvalue weighted by Crippen LogP contribution is 2.45. The molecule has 1 fully saturated rings. The van der Waals surface area contributed by atoms with Crippen molar-refractivity contribution in [3.8, 4) is 5.69 Å². The highest BCUT2D eigenvalue weighted by Gasteiger charge is 2.31. The van der Waals surface area contributed by atoms with Gasteiger partial charge in [0, 0.05) is 15.8 Å². The molecule has 21 heavy (non-hydrogen) atoms. The molecule has 1 N–H and O–H groups in total. The zero-order valence-corrected chi connectivity index (χ0v) is 13.3. The summed E-state index contributed by atoms with van der Waals surface area (Å²) in [7, 11) is 0. The van der Waals surface area contributed by atoms with Gasteiger partial charge in [0.05, 0.1) is 11.4 Å². The normalized spacial score (nSPS) is 14.7. The summed E-state index contributed by atoms with van der Waals surface area (Å²) >= 11 is 4.83. The maximum atomic E-state index is 11.3. The van der Waals surface area contributed by atoms with Gasteiger partial charge in [0.2, 0.25) is 0 Å². The van der Waals surface area contributed by atoms with Gasteiger partial charge in [-0.3, -0.25) is 0 Å². The first-order chi connectivity index (χ1) is 10.1. The molecule has 0 amide bonds. The van der Waals surface area contributed by atoms with Crippen molar-refractivity contribution >= 4 is 43.5 Å². The minimum atomic E-state index is -0.878. The number of nitrogens with zero attached hydrogens (tertiary/aromatic N) is 2. The summed E-state index contributed by atoms with van der Waals surface area (Å²) < 4.78 is 2.81. The molecule has 4 nitrogen and oxygen atoms in total. The molecule has 0 unspecified atom stereocenters. The SMILES string of the molecule is O=C(O)c1cc2c(C3CC3)nn(-c3ccccc3Br)c2s1. The summed E-state index contributed by atoms with van der Waals surface area (Å²) in [4.78, 5) is 12.5. The van der Waals surface area contributed by atoms with E-state index in [0.29, 0.717) is 10.8 Å². The Kier molecular flexibility index (Phi) is 2.90. The predicted octanol–water partition coefficient (Wildman–Crippen LogP) is 4.43. The van der Waals surface area contributed by atoms with Crippen LogP contribution in [0.3, 0.4) is 0 Å². The summed E-state index contributed by atoms with van der Waals surface area (Å²) in [6, 6.07) is 9.61. The molecule has 1 aromatic carbocycles. The van der Waals surface area contributed by atoms with Crippen LogP contribution in [0.1, 0.15) is 34.1 Å². The molecule has 1 aliphatic carbocycles. The van der Waals surface area contributed by atoms with E-state index >= 15 is 0 Å². The number of fused-ring (bicyclic) bond motifs is 1. The van der Waals surface area contributed by atoms with E-state index in [1.807, 2.05) is 28.9 Å². The average Bonchev–Trinajstić information content (AvgIpc) is 3.10. The number of carboxylic acids is 1. The molecule has 106 valence electrons. The summed E-state index contributed by atoms with van der Waals surface area (Å²) in [6.45, 7) is 0. The lowest BCUT2D eigenvalue weighted by Crippen LogP contribution is -1.98. The standard InChI is InChI=1S/C15H11BrN2O2S/c16-10-3-1-2-4-11(10)18-14-9(7-12(21-14)15(19)20)13(17-18)8-5-6-8/h1-4,7-8H,5-6H2,(H,19,20). The number of aromatic carboxylic acids is 1. The van der Waals surface area contributed by atoms with Crippen LogP contribution in [0.4, 0.5) is 0 Å². The molecule has 1 saturated carbocycles. The van der Waals surface area contributed by atoms with Gasteiger partial charge >= 0.3 is 5.97 Å². The zero-order chi connectivity index (χ0) is 14.6. The molecule has 0 atom stereocenters. The lowest BCUT2D eigenvalue weighted by Gasteiger charge is -2.04. The first-order valence-electron chi connectivity index (χ1n) is 6.66. The van der Waals surface area contributed by atoms with Gasteiger partial charge in [-0.25, -0.2) is 9.48 Å². The molecule has 1 aliphatic rings. The van der Waals surface area contributed by atoms with Crippen molar-refractivity contribution in [1.82, 2.24) is 9.78 Å². The van der Waals surface area contributed by atoms with Gasteiger partial charge in [0.25, 0.3) is 0 Å². The number of halogens is 1. The Bertz CT molecular complexity index is 864. The Morgan fingerprint density at radius 3 is 2.81 bits per heavy atom. The van der Waals surface area contributed by atoms with Crippen LogP contribution >= 0.6 is 27.3 Å². The van der Waals surface area contributed by atoms with Crippen molar-refractivity contribution in [2.75, 3.05) is 0 Å². The maximum Gasteiger partial charge on any atom is 0.345 e. The molecular formula is C15H11BrN2O2S. The Labute approximate surface area is 133 Å². The molecule has 0 aliphatic heterocycles. The molecule has 0 spiro atoms. The van der Waals surface area contributed by atoms with E-state index in [4.69, 9.17) is 5.10 Å². The number of carbonyl (C=O) groups is 1. The van der Waals surface area contributed by atoms with Crippen LogP contribution in [0.15, 0.2) is 34.8 Å². The van der Waals surface area contributed by atoms with Gasteiger partial charge < -0.3 is 5.11 Å². The third kappa shape index (κ3) is 2.10. The van der Waals surface area contributed by atoms with Gasteiger partial charge in [-0.15, -0.1) is 11.3 Å². The number of rotatable bonds is 3. The van der Waals surface area contributed by atoms with Crippen LogP contribution in [-0.4, -0.2) is 20.9 Å². The fraction of sp³-hybridized carbons (Fsp3) is 0.200. The van der Waals surface area contributed by atoms with Crippen molar-refractivity contribution in [2.24, 2.45) is 0 Å². The molecule has 0 radical (unpaired) electrons. The van der Waals surface area contributed by atoms with Crippen molar-refractivity contribution in [1.29, 1.82) is 0 Å². The fourth-order valence-electron chi connectivity index (χ4n) is 2.48. The van der Waals surface area contributed by atoms with Crippen molar-refractivity contribution in [2.45, 2.75) is 18.8 Å². The van der Waals surface area contributed by atoms with Crippen molar-refractivity contribution in [3.63, 3.8) is 0 Å². The first-order valence-corrected chi connectivity index (χ1v) is 8.27. The van der Waals surface area contributed by atoms with Crippen LogP contribution < -0.4 is 0 Å². The highest BCUT2D eigenvalue weighted by molar-refractivity contribution is 9.10. The number of hydrogen-bond acceptors (Lipinski definition) is 3. The number of para-hydroxylation sites is 1. The monoisotopic (exact) mass is 362 g/mol. The maximum absolute atomic E-state index is 11.3. The van der Waals surface area contributed by atoms with Crippen LogP contribution in [0, 0.1) is 0 Å². The van der Waals surface area contributed by atoms with E-state index in [1.54, 1.807) is 6.07 Å². The lowest BCUT2D eigenvalue weighted by atomic mass is 10.2. The van der Waals surface area contributed by atoms with Gasteiger partial charge in [-0.2, -0.15) is 5.10 Å².